The van der Waals surface area contributed by atoms with Crippen molar-refractivity contribution >= 4 is 28.6 Å². The SMILES string of the molecule is FC1(F)c2cc(Cl)ccc2-c2ccc(-c3ccc4oc5c(c4c3)CCC=C5)cc21. The molecule has 3 aromatic carbocycles. The zero-order chi connectivity index (χ0) is 19.8. The largest absolute Gasteiger partial charge is 0.456 e. The highest BCUT2D eigenvalue weighted by Crippen LogP contribution is 2.52. The molecule has 1 nitrogen and oxygen atoms in total. The van der Waals surface area contributed by atoms with E-state index in [1.165, 1.54) is 11.6 Å². The fraction of sp³-hybridized carbons (Fsp3) is 0.120. The Kier molecular flexibility index (Phi) is 3.40. The Morgan fingerprint density at radius 1 is 0.862 bits per heavy atom. The zero-order valence-electron chi connectivity index (χ0n) is 15.3. The average molecular weight is 405 g/mol. The average Bonchev–Trinajstić information content (AvgIpc) is 3.20. The van der Waals surface area contributed by atoms with Crippen molar-refractivity contribution in [3.63, 3.8) is 0 Å². The molecular formula is C25H15ClF2O. The van der Waals surface area contributed by atoms with E-state index in [0.29, 0.717) is 16.1 Å². The second-order valence-electron chi connectivity index (χ2n) is 7.62. The van der Waals surface area contributed by atoms with E-state index in [0.717, 1.165) is 40.7 Å². The van der Waals surface area contributed by atoms with E-state index in [2.05, 4.69) is 12.1 Å². The molecule has 0 aliphatic heterocycles. The van der Waals surface area contributed by atoms with Crippen molar-refractivity contribution in [3.8, 4) is 22.3 Å². The van der Waals surface area contributed by atoms with Crippen molar-refractivity contribution in [1.82, 2.24) is 0 Å². The number of allylic oxidation sites excluding steroid dienone is 1. The lowest BCUT2D eigenvalue weighted by Crippen LogP contribution is -2.11. The topological polar surface area (TPSA) is 13.1 Å². The van der Waals surface area contributed by atoms with E-state index in [1.807, 2.05) is 24.3 Å². The van der Waals surface area contributed by atoms with Crippen LogP contribution in [0.4, 0.5) is 8.78 Å². The molecule has 1 aromatic heterocycles. The standard InChI is InChI=1S/C25H15ClF2O/c26-16-7-9-18-17-8-5-15(12-21(17)25(27,28)22(18)13-16)14-6-10-24-20(11-14)19-3-1-2-4-23(19)29-24/h2,4-13H,1,3H2. The van der Waals surface area contributed by atoms with Gasteiger partial charge in [-0.05, 0) is 71.5 Å². The number of aryl methyl sites for hydroxylation is 1. The Morgan fingerprint density at radius 3 is 2.45 bits per heavy atom. The first-order valence-electron chi connectivity index (χ1n) is 9.57. The van der Waals surface area contributed by atoms with Crippen LogP contribution in [-0.4, -0.2) is 0 Å². The summed E-state index contributed by atoms with van der Waals surface area (Å²) in [7, 11) is 0. The van der Waals surface area contributed by atoms with Crippen LogP contribution in [0.25, 0.3) is 39.3 Å². The van der Waals surface area contributed by atoms with Crippen molar-refractivity contribution in [2.75, 3.05) is 0 Å². The van der Waals surface area contributed by atoms with Crippen LogP contribution in [0.5, 0.6) is 0 Å². The maximum atomic E-state index is 15.2. The molecular weight excluding hydrogens is 390 g/mol. The first kappa shape index (κ1) is 17.0. The molecule has 0 amide bonds. The summed E-state index contributed by atoms with van der Waals surface area (Å²) in [6.45, 7) is 0. The molecule has 0 fully saturated rings. The number of hydrogen-bond acceptors (Lipinski definition) is 1. The van der Waals surface area contributed by atoms with Gasteiger partial charge in [0, 0.05) is 27.1 Å². The number of alkyl halides is 2. The van der Waals surface area contributed by atoms with Crippen molar-refractivity contribution in [2.45, 2.75) is 18.8 Å². The molecule has 2 aliphatic rings. The summed E-state index contributed by atoms with van der Waals surface area (Å²) in [5.41, 5.74) is 4.82. The smallest absolute Gasteiger partial charge is 0.299 e. The van der Waals surface area contributed by atoms with Crippen LogP contribution < -0.4 is 0 Å². The minimum atomic E-state index is -3.06. The molecule has 29 heavy (non-hydrogen) atoms. The van der Waals surface area contributed by atoms with Gasteiger partial charge in [-0.3, -0.25) is 0 Å². The molecule has 2 aliphatic carbocycles. The minimum Gasteiger partial charge on any atom is -0.456 e. The minimum absolute atomic E-state index is 0.0247. The quantitative estimate of drug-likeness (QED) is 0.315. The van der Waals surface area contributed by atoms with Crippen molar-refractivity contribution < 1.29 is 13.2 Å². The number of fused-ring (bicyclic) bond motifs is 6. The second kappa shape index (κ2) is 5.80. The molecule has 4 aromatic rings. The third kappa shape index (κ3) is 2.37. The fourth-order valence-electron chi connectivity index (χ4n) is 4.53. The summed E-state index contributed by atoms with van der Waals surface area (Å²) in [6.07, 6.45) is 6.04. The monoisotopic (exact) mass is 404 g/mol. The highest BCUT2D eigenvalue weighted by atomic mass is 35.5. The molecule has 0 unspecified atom stereocenters. The lowest BCUT2D eigenvalue weighted by Gasteiger charge is -2.13. The fourth-order valence-corrected chi connectivity index (χ4v) is 4.70. The molecule has 0 saturated heterocycles. The number of hydrogen-bond donors (Lipinski definition) is 0. The number of furan rings is 1. The summed E-state index contributed by atoms with van der Waals surface area (Å²) < 4.78 is 36.2. The van der Waals surface area contributed by atoms with Gasteiger partial charge in [0.2, 0.25) is 0 Å². The summed E-state index contributed by atoms with van der Waals surface area (Å²) in [4.78, 5) is 0. The number of rotatable bonds is 1. The Labute approximate surface area is 171 Å². The predicted octanol–water partition coefficient (Wildman–Crippen LogP) is 7.83. The maximum Gasteiger partial charge on any atom is 0.299 e. The normalized spacial score (nSPS) is 16.0. The van der Waals surface area contributed by atoms with E-state index in [4.69, 9.17) is 16.0 Å². The predicted molar refractivity (Wildman–Crippen MR) is 112 cm³/mol. The molecule has 4 heteroatoms. The molecule has 1 heterocycles. The molecule has 0 spiro atoms. The second-order valence-corrected chi connectivity index (χ2v) is 8.06. The summed E-state index contributed by atoms with van der Waals surface area (Å²) in [5.74, 6) is -2.16. The van der Waals surface area contributed by atoms with Gasteiger partial charge < -0.3 is 4.42 Å². The number of benzene rings is 3. The lowest BCUT2D eigenvalue weighted by atomic mass is 9.95. The van der Waals surface area contributed by atoms with Crippen molar-refractivity contribution in [2.24, 2.45) is 0 Å². The first-order chi connectivity index (χ1) is 14.0. The van der Waals surface area contributed by atoms with Gasteiger partial charge in [0.05, 0.1) is 0 Å². The lowest BCUT2D eigenvalue weighted by molar-refractivity contribution is 0.0480. The molecule has 0 N–H and O–H groups in total. The van der Waals surface area contributed by atoms with Crippen LogP contribution in [0.1, 0.15) is 28.9 Å². The van der Waals surface area contributed by atoms with Crippen LogP contribution in [0.15, 0.2) is 65.1 Å². The Bertz CT molecular complexity index is 1350. The summed E-state index contributed by atoms with van der Waals surface area (Å²) in [5, 5.41) is 1.38. The van der Waals surface area contributed by atoms with E-state index < -0.39 is 5.92 Å². The van der Waals surface area contributed by atoms with Crippen molar-refractivity contribution in [3.05, 3.63) is 88.1 Å². The van der Waals surface area contributed by atoms with Gasteiger partial charge in [-0.1, -0.05) is 41.9 Å². The van der Waals surface area contributed by atoms with Gasteiger partial charge in [0.1, 0.15) is 11.3 Å². The van der Waals surface area contributed by atoms with Crippen LogP contribution in [0.2, 0.25) is 5.02 Å². The van der Waals surface area contributed by atoms with Crippen LogP contribution in [-0.2, 0) is 12.3 Å². The molecule has 142 valence electrons. The van der Waals surface area contributed by atoms with E-state index in [1.54, 1.807) is 24.3 Å². The molecule has 0 saturated carbocycles. The molecule has 6 rings (SSSR count). The summed E-state index contributed by atoms with van der Waals surface area (Å²) in [6, 6.07) is 15.9. The Morgan fingerprint density at radius 2 is 1.59 bits per heavy atom. The van der Waals surface area contributed by atoms with E-state index in [-0.39, 0.29) is 11.1 Å². The highest BCUT2D eigenvalue weighted by Gasteiger charge is 2.44. The van der Waals surface area contributed by atoms with Gasteiger partial charge in [0.25, 0.3) is 5.92 Å². The summed E-state index contributed by atoms with van der Waals surface area (Å²) >= 11 is 5.98. The van der Waals surface area contributed by atoms with E-state index >= 15 is 8.78 Å². The van der Waals surface area contributed by atoms with Gasteiger partial charge >= 0.3 is 0 Å². The van der Waals surface area contributed by atoms with Crippen LogP contribution >= 0.6 is 11.6 Å². The van der Waals surface area contributed by atoms with Gasteiger partial charge in [0.15, 0.2) is 0 Å². The zero-order valence-corrected chi connectivity index (χ0v) is 16.1. The van der Waals surface area contributed by atoms with Gasteiger partial charge in [-0.15, -0.1) is 0 Å². The van der Waals surface area contributed by atoms with E-state index in [9.17, 15) is 0 Å². The number of halogens is 3. The Balaban J connectivity index is 1.51. The first-order valence-corrected chi connectivity index (χ1v) is 9.95. The third-order valence-electron chi connectivity index (χ3n) is 5.95. The van der Waals surface area contributed by atoms with Gasteiger partial charge in [-0.25, -0.2) is 0 Å². The van der Waals surface area contributed by atoms with Gasteiger partial charge in [-0.2, -0.15) is 8.78 Å². The maximum absolute atomic E-state index is 15.2. The molecule has 0 bridgehead atoms. The third-order valence-corrected chi connectivity index (χ3v) is 6.19. The van der Waals surface area contributed by atoms with Crippen molar-refractivity contribution in [1.29, 1.82) is 0 Å². The van der Waals surface area contributed by atoms with Crippen LogP contribution in [0, 0.1) is 0 Å². The van der Waals surface area contributed by atoms with Crippen LogP contribution in [0.3, 0.4) is 0 Å². The molecule has 0 radical (unpaired) electrons. The Hall–Kier alpha value is -2.91. The molecule has 0 atom stereocenters. The highest BCUT2D eigenvalue weighted by molar-refractivity contribution is 6.30.